The van der Waals surface area contributed by atoms with Gasteiger partial charge in [-0.2, -0.15) is 0 Å². The van der Waals surface area contributed by atoms with Crippen molar-refractivity contribution in [3.63, 3.8) is 0 Å². The van der Waals surface area contributed by atoms with Gasteiger partial charge in [0, 0.05) is 6.54 Å². The van der Waals surface area contributed by atoms with Gasteiger partial charge in [0.2, 0.25) is 0 Å². The predicted molar refractivity (Wildman–Crippen MR) is 101 cm³/mol. The summed E-state index contributed by atoms with van der Waals surface area (Å²) in [7, 11) is 0. The SMILES string of the molecule is Cc1ccccc1C=C1CCCn2c1nc1cc(C(=O)O)ccc1c2=O. The number of benzene rings is 2. The minimum atomic E-state index is -1.03. The molecule has 0 fully saturated rings. The summed E-state index contributed by atoms with van der Waals surface area (Å²) in [5.41, 5.74) is 3.72. The van der Waals surface area contributed by atoms with Gasteiger partial charge in [0.25, 0.3) is 5.56 Å². The number of nitrogens with zero attached hydrogens (tertiary/aromatic N) is 2. The monoisotopic (exact) mass is 346 g/mol. The van der Waals surface area contributed by atoms with Crippen LogP contribution >= 0.6 is 0 Å². The van der Waals surface area contributed by atoms with Crippen molar-refractivity contribution >= 4 is 28.5 Å². The molecule has 0 amide bonds. The number of carboxylic acids is 1. The maximum Gasteiger partial charge on any atom is 0.335 e. The molecular formula is C21H18N2O3. The molecule has 1 aliphatic rings. The van der Waals surface area contributed by atoms with Crippen molar-refractivity contribution in [3.05, 3.63) is 75.3 Å². The van der Waals surface area contributed by atoms with Gasteiger partial charge in [-0.25, -0.2) is 9.78 Å². The van der Waals surface area contributed by atoms with Crippen molar-refractivity contribution in [2.24, 2.45) is 0 Å². The van der Waals surface area contributed by atoms with Crippen LogP contribution in [0.25, 0.3) is 22.6 Å². The molecule has 5 nitrogen and oxygen atoms in total. The number of aromatic carboxylic acids is 1. The van der Waals surface area contributed by atoms with Crippen LogP contribution in [0.1, 0.15) is 40.2 Å². The van der Waals surface area contributed by atoms with Crippen LogP contribution in [-0.2, 0) is 6.54 Å². The first-order valence-electron chi connectivity index (χ1n) is 8.59. The number of allylic oxidation sites excluding steroid dienone is 1. The number of fused-ring (bicyclic) bond motifs is 2. The van der Waals surface area contributed by atoms with Crippen LogP contribution in [0.3, 0.4) is 0 Å². The summed E-state index contributed by atoms with van der Waals surface area (Å²) in [4.78, 5) is 28.8. The van der Waals surface area contributed by atoms with Crippen molar-refractivity contribution in [2.75, 3.05) is 0 Å². The van der Waals surface area contributed by atoms with Crippen LogP contribution < -0.4 is 5.56 Å². The first kappa shape index (κ1) is 16.3. The van der Waals surface area contributed by atoms with Crippen LogP contribution in [0.5, 0.6) is 0 Å². The number of hydrogen-bond donors (Lipinski definition) is 1. The number of aryl methyl sites for hydroxylation is 1. The number of carbonyl (C=O) groups is 1. The van der Waals surface area contributed by atoms with E-state index in [0.29, 0.717) is 23.3 Å². The van der Waals surface area contributed by atoms with E-state index in [9.17, 15) is 14.7 Å². The van der Waals surface area contributed by atoms with Gasteiger partial charge >= 0.3 is 5.97 Å². The van der Waals surface area contributed by atoms with E-state index in [1.165, 1.54) is 12.1 Å². The third kappa shape index (κ3) is 2.71. The summed E-state index contributed by atoms with van der Waals surface area (Å²) in [6.07, 6.45) is 3.80. The van der Waals surface area contributed by atoms with Crippen molar-refractivity contribution in [1.29, 1.82) is 0 Å². The van der Waals surface area contributed by atoms with Gasteiger partial charge in [-0.1, -0.05) is 24.3 Å². The Morgan fingerprint density at radius 2 is 2.04 bits per heavy atom. The van der Waals surface area contributed by atoms with Gasteiger partial charge in [-0.15, -0.1) is 0 Å². The molecule has 5 heteroatoms. The van der Waals surface area contributed by atoms with E-state index in [2.05, 4.69) is 24.1 Å². The molecule has 1 aromatic heterocycles. The van der Waals surface area contributed by atoms with Crippen LogP contribution in [0.15, 0.2) is 47.3 Å². The maximum absolute atomic E-state index is 12.9. The summed E-state index contributed by atoms with van der Waals surface area (Å²) in [5.74, 6) is -0.387. The lowest BCUT2D eigenvalue weighted by molar-refractivity contribution is 0.0697. The molecule has 0 radical (unpaired) electrons. The van der Waals surface area contributed by atoms with Crippen LogP contribution in [0.4, 0.5) is 0 Å². The quantitative estimate of drug-likeness (QED) is 0.767. The minimum absolute atomic E-state index is 0.114. The Labute approximate surface area is 150 Å². The van der Waals surface area contributed by atoms with Crippen LogP contribution in [0.2, 0.25) is 0 Å². The van der Waals surface area contributed by atoms with Gasteiger partial charge in [-0.3, -0.25) is 9.36 Å². The zero-order valence-corrected chi connectivity index (χ0v) is 14.4. The molecule has 1 aliphatic heterocycles. The number of hydrogen-bond acceptors (Lipinski definition) is 3. The molecule has 0 bridgehead atoms. The Morgan fingerprint density at radius 3 is 2.81 bits per heavy atom. The smallest absolute Gasteiger partial charge is 0.335 e. The van der Waals surface area contributed by atoms with Crippen molar-refractivity contribution < 1.29 is 9.90 Å². The highest BCUT2D eigenvalue weighted by atomic mass is 16.4. The van der Waals surface area contributed by atoms with Gasteiger partial charge in [0.05, 0.1) is 16.5 Å². The van der Waals surface area contributed by atoms with Crippen molar-refractivity contribution in [1.82, 2.24) is 9.55 Å². The number of rotatable bonds is 2. The van der Waals surface area contributed by atoms with E-state index in [0.717, 1.165) is 29.5 Å². The summed E-state index contributed by atoms with van der Waals surface area (Å²) < 4.78 is 1.70. The van der Waals surface area contributed by atoms with Crippen molar-refractivity contribution in [3.8, 4) is 0 Å². The number of aromatic nitrogens is 2. The molecule has 0 atom stereocenters. The molecule has 3 aromatic rings. The van der Waals surface area contributed by atoms with Crippen molar-refractivity contribution in [2.45, 2.75) is 26.3 Å². The van der Waals surface area contributed by atoms with Crippen LogP contribution in [-0.4, -0.2) is 20.6 Å². The highest BCUT2D eigenvalue weighted by molar-refractivity contribution is 5.93. The average molecular weight is 346 g/mol. The van der Waals surface area contributed by atoms with Gasteiger partial charge in [-0.05, 0) is 60.7 Å². The van der Waals surface area contributed by atoms with Gasteiger partial charge in [0.1, 0.15) is 5.82 Å². The minimum Gasteiger partial charge on any atom is -0.478 e. The van der Waals surface area contributed by atoms with E-state index in [-0.39, 0.29) is 11.1 Å². The third-order valence-corrected chi connectivity index (χ3v) is 4.84. The topological polar surface area (TPSA) is 72.2 Å². The second kappa shape index (κ2) is 6.26. The fourth-order valence-electron chi connectivity index (χ4n) is 3.42. The highest BCUT2D eigenvalue weighted by Gasteiger charge is 2.19. The normalized spacial score (nSPS) is 15.2. The molecule has 0 saturated heterocycles. The van der Waals surface area contributed by atoms with Gasteiger partial charge < -0.3 is 5.11 Å². The Bertz CT molecular complexity index is 1130. The Hall–Kier alpha value is -3.21. The van der Waals surface area contributed by atoms with Gasteiger partial charge in [0.15, 0.2) is 0 Å². The van der Waals surface area contributed by atoms with E-state index in [1.807, 2.05) is 18.2 Å². The lowest BCUT2D eigenvalue weighted by Gasteiger charge is -2.21. The molecule has 2 heterocycles. The third-order valence-electron chi connectivity index (χ3n) is 4.84. The molecule has 0 unspecified atom stereocenters. The zero-order chi connectivity index (χ0) is 18.3. The van der Waals surface area contributed by atoms with E-state index in [4.69, 9.17) is 0 Å². The second-order valence-electron chi connectivity index (χ2n) is 6.56. The fourth-order valence-corrected chi connectivity index (χ4v) is 3.42. The summed E-state index contributed by atoms with van der Waals surface area (Å²) in [6.45, 7) is 2.68. The number of carboxylic acid groups (broad SMARTS) is 1. The fraction of sp³-hybridized carbons (Fsp3) is 0.190. The Balaban J connectivity index is 1.95. The van der Waals surface area contributed by atoms with E-state index < -0.39 is 5.97 Å². The zero-order valence-electron chi connectivity index (χ0n) is 14.4. The predicted octanol–water partition coefficient (Wildman–Crippen LogP) is 3.74. The first-order chi connectivity index (χ1) is 12.5. The Kier molecular flexibility index (Phi) is 3.92. The maximum atomic E-state index is 12.9. The summed E-state index contributed by atoms with van der Waals surface area (Å²) >= 11 is 0. The molecule has 2 aromatic carbocycles. The molecule has 26 heavy (non-hydrogen) atoms. The van der Waals surface area contributed by atoms with E-state index >= 15 is 0 Å². The molecule has 0 saturated carbocycles. The molecular weight excluding hydrogens is 328 g/mol. The molecule has 4 rings (SSSR count). The standard InChI is InChI=1S/C21H18N2O3/c1-13-5-2-3-6-14(13)11-15-7-4-10-23-19(15)22-18-12-16(21(25)26)8-9-17(18)20(23)24/h2-3,5-6,8-9,11-12H,4,7,10H2,1H3,(H,25,26). The average Bonchev–Trinajstić information content (AvgIpc) is 2.64. The Morgan fingerprint density at radius 1 is 1.23 bits per heavy atom. The molecule has 0 spiro atoms. The van der Waals surface area contributed by atoms with E-state index in [1.54, 1.807) is 10.6 Å². The molecule has 1 N–H and O–H groups in total. The molecule has 0 aliphatic carbocycles. The second-order valence-corrected chi connectivity index (χ2v) is 6.56. The lowest BCUT2D eigenvalue weighted by atomic mass is 9.99. The highest BCUT2D eigenvalue weighted by Crippen LogP contribution is 2.28. The summed E-state index contributed by atoms with van der Waals surface area (Å²) in [6, 6.07) is 12.6. The molecule has 130 valence electrons. The first-order valence-corrected chi connectivity index (χ1v) is 8.59. The van der Waals surface area contributed by atoms with Crippen LogP contribution in [0, 0.1) is 6.92 Å². The largest absolute Gasteiger partial charge is 0.478 e. The summed E-state index contributed by atoms with van der Waals surface area (Å²) in [5, 5.41) is 9.66. The lowest BCUT2D eigenvalue weighted by Crippen LogP contribution is -2.28.